The molecule has 0 amide bonds. The van der Waals surface area contributed by atoms with Crippen LogP contribution < -0.4 is 0 Å². The fourth-order valence-corrected chi connectivity index (χ4v) is 8.11. The topological polar surface area (TPSA) is 38.0 Å². The van der Waals surface area contributed by atoms with Gasteiger partial charge in [0.05, 0.1) is 34.7 Å². The van der Waals surface area contributed by atoms with Crippen LogP contribution in [0.15, 0.2) is 182 Å². The quantitative estimate of drug-likeness (QED) is 0.166. The molecule has 4 heteroatoms. The van der Waals surface area contributed by atoms with Gasteiger partial charge in [0.2, 0.25) is 0 Å². The van der Waals surface area contributed by atoms with Gasteiger partial charge in [0.25, 0.3) is 0 Å². The summed E-state index contributed by atoms with van der Waals surface area (Å²) in [6, 6.07) is 65.9. The highest BCUT2D eigenvalue weighted by molar-refractivity contribution is 6.18. The second kappa shape index (κ2) is 12.5. The van der Waals surface area contributed by atoms with Gasteiger partial charge in [0.1, 0.15) is 0 Å². The monoisotopic (exact) mass is 686 g/mol. The fraction of sp³-hybridized carbons (Fsp3) is 0. The molecule has 10 rings (SSSR count). The molecule has 0 aliphatic rings. The van der Waals surface area contributed by atoms with Crippen LogP contribution in [0.3, 0.4) is 0 Å². The van der Waals surface area contributed by atoms with Gasteiger partial charge in [-0.3, -0.25) is 0 Å². The number of para-hydroxylation sites is 1. The van der Waals surface area contributed by atoms with E-state index in [1.54, 1.807) is 6.07 Å². The molecule has 2 heterocycles. The Labute approximate surface area is 312 Å². The van der Waals surface area contributed by atoms with Gasteiger partial charge in [-0.15, -0.1) is 0 Å². The summed E-state index contributed by atoms with van der Waals surface area (Å²) in [7, 11) is 0. The van der Waals surface area contributed by atoms with Gasteiger partial charge in [0, 0.05) is 38.5 Å². The van der Waals surface area contributed by atoms with Crippen molar-refractivity contribution < 1.29 is 0 Å². The molecule has 0 saturated heterocycles. The molecule has 0 radical (unpaired) electrons. The van der Waals surface area contributed by atoms with E-state index in [4.69, 9.17) is 6.57 Å². The molecule has 10 aromatic rings. The fourth-order valence-electron chi connectivity index (χ4n) is 8.11. The van der Waals surface area contributed by atoms with Crippen LogP contribution in [0.1, 0.15) is 5.56 Å². The largest absolute Gasteiger partial charge is 0.310 e. The van der Waals surface area contributed by atoms with Crippen LogP contribution in [0.25, 0.3) is 93.2 Å². The summed E-state index contributed by atoms with van der Waals surface area (Å²) in [6.07, 6.45) is 0. The van der Waals surface area contributed by atoms with Crippen molar-refractivity contribution in [1.29, 1.82) is 5.26 Å². The Hall–Kier alpha value is -7.66. The van der Waals surface area contributed by atoms with Gasteiger partial charge < -0.3 is 9.13 Å². The van der Waals surface area contributed by atoms with Crippen molar-refractivity contribution >= 4 is 49.3 Å². The maximum Gasteiger partial charge on any atom is 0.190 e. The lowest BCUT2D eigenvalue weighted by Gasteiger charge is -2.11. The zero-order chi connectivity index (χ0) is 36.2. The van der Waals surface area contributed by atoms with E-state index in [0.717, 1.165) is 66.5 Å². The van der Waals surface area contributed by atoms with Crippen molar-refractivity contribution in [3.05, 3.63) is 199 Å². The summed E-state index contributed by atoms with van der Waals surface area (Å²) >= 11 is 0. The minimum absolute atomic E-state index is 0.436. The molecule has 0 bridgehead atoms. The van der Waals surface area contributed by atoms with E-state index in [2.05, 4.69) is 178 Å². The van der Waals surface area contributed by atoms with E-state index in [1.807, 2.05) is 18.2 Å². The number of aromatic nitrogens is 2. The standard InChI is InChI=1S/C50H30N4/c1-52-39-26-33(32-51)27-41(31-39)54-48-24-21-37(35-14-7-3-8-15-35)29-45(48)50-42(18-11-19-49(50)54)38-22-25-47-44(30-38)43-28-36(34-12-5-2-6-13-34)20-23-46(43)53(47)40-16-9-4-10-17-40/h2-31H. The molecule has 250 valence electrons. The average molecular weight is 687 g/mol. The minimum Gasteiger partial charge on any atom is -0.310 e. The van der Waals surface area contributed by atoms with Crippen molar-refractivity contribution in [2.75, 3.05) is 0 Å². The first kappa shape index (κ1) is 31.1. The Morgan fingerprint density at radius 3 is 1.57 bits per heavy atom. The molecular weight excluding hydrogens is 657 g/mol. The summed E-state index contributed by atoms with van der Waals surface area (Å²) < 4.78 is 4.56. The Morgan fingerprint density at radius 2 is 0.963 bits per heavy atom. The molecule has 0 N–H and O–H groups in total. The van der Waals surface area contributed by atoms with Crippen LogP contribution in [0.2, 0.25) is 0 Å². The van der Waals surface area contributed by atoms with Crippen LogP contribution in [-0.2, 0) is 0 Å². The Morgan fingerprint density at radius 1 is 0.426 bits per heavy atom. The highest BCUT2D eigenvalue weighted by atomic mass is 15.0. The highest BCUT2D eigenvalue weighted by Gasteiger charge is 2.20. The molecular formula is C50H30N4. The Kier molecular flexibility index (Phi) is 7.22. The first-order chi connectivity index (χ1) is 26.7. The molecule has 54 heavy (non-hydrogen) atoms. The van der Waals surface area contributed by atoms with Crippen molar-refractivity contribution in [2.24, 2.45) is 0 Å². The van der Waals surface area contributed by atoms with Crippen molar-refractivity contribution in [3.8, 4) is 50.8 Å². The molecule has 4 nitrogen and oxygen atoms in total. The van der Waals surface area contributed by atoms with Gasteiger partial charge in [-0.05, 0) is 106 Å². The summed E-state index contributed by atoms with van der Waals surface area (Å²) in [5.74, 6) is 0. The number of nitrogens with zero attached hydrogens (tertiary/aromatic N) is 4. The lowest BCUT2D eigenvalue weighted by atomic mass is 9.96. The predicted molar refractivity (Wildman–Crippen MR) is 222 cm³/mol. The maximum atomic E-state index is 9.92. The van der Waals surface area contributed by atoms with Gasteiger partial charge >= 0.3 is 0 Å². The number of hydrogen-bond acceptors (Lipinski definition) is 1. The number of nitriles is 1. The summed E-state index contributed by atoms with van der Waals surface area (Å²) in [6.45, 7) is 7.78. The summed E-state index contributed by atoms with van der Waals surface area (Å²) in [5, 5.41) is 14.5. The van der Waals surface area contributed by atoms with Crippen LogP contribution in [0.5, 0.6) is 0 Å². The Balaban J connectivity index is 1.27. The molecule has 0 aliphatic carbocycles. The minimum atomic E-state index is 0.436. The lowest BCUT2D eigenvalue weighted by Crippen LogP contribution is -1.95. The van der Waals surface area contributed by atoms with E-state index in [0.29, 0.717) is 11.3 Å². The third-order valence-corrected chi connectivity index (χ3v) is 10.5. The van der Waals surface area contributed by atoms with Crippen LogP contribution >= 0.6 is 0 Å². The van der Waals surface area contributed by atoms with E-state index >= 15 is 0 Å². The molecule has 0 fully saturated rings. The van der Waals surface area contributed by atoms with E-state index in [9.17, 15) is 5.26 Å². The number of fused-ring (bicyclic) bond motifs is 6. The lowest BCUT2D eigenvalue weighted by molar-refractivity contribution is 1.18. The molecule has 0 aliphatic heterocycles. The molecule has 0 spiro atoms. The van der Waals surface area contributed by atoms with Gasteiger partial charge in [-0.25, -0.2) is 4.85 Å². The van der Waals surface area contributed by atoms with Gasteiger partial charge in [-0.2, -0.15) is 5.26 Å². The smallest absolute Gasteiger partial charge is 0.190 e. The van der Waals surface area contributed by atoms with E-state index in [-0.39, 0.29) is 0 Å². The SMILES string of the molecule is [C-]#[N+]c1cc(C#N)cc(-n2c3ccc(-c4ccccc4)cc3c3c(-c4ccc5c(c4)c4cc(-c6ccccc6)ccc4n5-c4ccccc4)cccc32)c1. The highest BCUT2D eigenvalue weighted by Crippen LogP contribution is 2.43. The third kappa shape index (κ3) is 4.98. The molecule has 0 unspecified atom stereocenters. The Bertz CT molecular complexity index is 3120. The van der Waals surface area contributed by atoms with Gasteiger partial charge in [0.15, 0.2) is 5.69 Å². The van der Waals surface area contributed by atoms with Crippen molar-refractivity contribution in [2.45, 2.75) is 0 Å². The third-order valence-electron chi connectivity index (χ3n) is 10.5. The van der Waals surface area contributed by atoms with E-state index < -0.39 is 0 Å². The molecule has 8 aromatic carbocycles. The average Bonchev–Trinajstić information content (AvgIpc) is 3.76. The second-order valence-corrected chi connectivity index (χ2v) is 13.6. The molecule has 0 atom stereocenters. The van der Waals surface area contributed by atoms with Crippen LogP contribution in [0, 0.1) is 17.9 Å². The molecule has 0 saturated carbocycles. The van der Waals surface area contributed by atoms with Crippen LogP contribution in [-0.4, -0.2) is 9.13 Å². The zero-order valence-electron chi connectivity index (χ0n) is 29.1. The van der Waals surface area contributed by atoms with E-state index in [1.165, 1.54) is 21.9 Å². The first-order valence-electron chi connectivity index (χ1n) is 17.9. The summed E-state index contributed by atoms with van der Waals surface area (Å²) in [4.78, 5) is 3.72. The van der Waals surface area contributed by atoms with Crippen LogP contribution in [0.4, 0.5) is 5.69 Å². The summed E-state index contributed by atoms with van der Waals surface area (Å²) in [5.41, 5.74) is 14.0. The normalized spacial score (nSPS) is 11.3. The predicted octanol–water partition coefficient (Wildman–Crippen LogP) is 13.3. The maximum absolute atomic E-state index is 9.92. The van der Waals surface area contributed by atoms with Crippen molar-refractivity contribution in [3.63, 3.8) is 0 Å². The van der Waals surface area contributed by atoms with Crippen molar-refractivity contribution in [1.82, 2.24) is 9.13 Å². The van der Waals surface area contributed by atoms with Gasteiger partial charge in [-0.1, -0.05) is 109 Å². The molecule has 2 aromatic heterocycles. The first-order valence-corrected chi connectivity index (χ1v) is 17.9. The number of hydrogen-bond donors (Lipinski definition) is 0. The second-order valence-electron chi connectivity index (χ2n) is 13.6. The number of benzene rings is 8. The number of rotatable bonds is 5. The zero-order valence-corrected chi connectivity index (χ0v) is 29.1.